The van der Waals surface area contributed by atoms with Crippen LogP contribution in [0.25, 0.3) is 10.9 Å². The molecule has 0 saturated heterocycles. The zero-order valence-corrected chi connectivity index (χ0v) is 15.8. The van der Waals surface area contributed by atoms with Gasteiger partial charge in [-0.1, -0.05) is 12.1 Å². The molecule has 3 aromatic rings. The second-order valence-electron chi connectivity index (χ2n) is 6.65. The average Bonchev–Trinajstić information content (AvgIpc) is 3.01. The van der Waals surface area contributed by atoms with Crippen molar-refractivity contribution in [3.8, 4) is 0 Å². The van der Waals surface area contributed by atoms with Crippen LogP contribution in [0.2, 0.25) is 0 Å². The number of halogens is 1. The van der Waals surface area contributed by atoms with E-state index in [1.165, 1.54) is 25.4 Å². The van der Waals surface area contributed by atoms with Crippen molar-refractivity contribution in [1.29, 1.82) is 0 Å². The molecule has 0 radical (unpaired) electrons. The first-order chi connectivity index (χ1) is 13.4. The van der Waals surface area contributed by atoms with Crippen LogP contribution in [0.3, 0.4) is 0 Å². The molecular formula is C20H21FN4O3. The van der Waals surface area contributed by atoms with Crippen molar-refractivity contribution in [2.45, 2.75) is 26.4 Å². The Kier molecular flexibility index (Phi) is 5.70. The van der Waals surface area contributed by atoms with Crippen LogP contribution in [-0.4, -0.2) is 34.5 Å². The lowest BCUT2D eigenvalue weighted by Crippen LogP contribution is -2.30. The summed E-state index contributed by atoms with van der Waals surface area (Å²) in [6.07, 6.45) is 3.25. The summed E-state index contributed by atoms with van der Waals surface area (Å²) in [5.74, 6) is -1.07. The fraction of sp³-hybridized carbons (Fsp3) is 0.250. The summed E-state index contributed by atoms with van der Waals surface area (Å²) in [7, 11) is 1.33. The standard InChI is InChI=1S/C20H21FN4O3/c1-12(2)23-19(26)16-11-25(10-13-4-6-14(21)7-5-13)18-9-22-17(8-15(16)18)20(27)24-28-3/h4-9,11-12H,10H2,1-3H3,(H,23,26)(H,24,27). The van der Waals surface area contributed by atoms with Crippen LogP contribution in [0.5, 0.6) is 0 Å². The lowest BCUT2D eigenvalue weighted by atomic mass is 10.1. The van der Waals surface area contributed by atoms with Crippen LogP contribution in [0.1, 0.15) is 40.3 Å². The van der Waals surface area contributed by atoms with Gasteiger partial charge in [-0.25, -0.2) is 14.9 Å². The Labute approximate surface area is 161 Å². The van der Waals surface area contributed by atoms with E-state index in [1.807, 2.05) is 18.4 Å². The summed E-state index contributed by atoms with van der Waals surface area (Å²) in [6, 6.07) is 7.66. The number of benzene rings is 1. The SMILES string of the molecule is CONC(=O)c1cc2c(C(=O)NC(C)C)cn(Cc3ccc(F)cc3)c2cn1. The highest BCUT2D eigenvalue weighted by atomic mass is 19.1. The predicted molar refractivity (Wildman–Crippen MR) is 102 cm³/mol. The highest BCUT2D eigenvalue weighted by Crippen LogP contribution is 2.23. The number of hydroxylamine groups is 1. The number of nitrogens with one attached hydrogen (secondary N) is 2. The Morgan fingerprint density at radius 3 is 2.57 bits per heavy atom. The van der Waals surface area contributed by atoms with E-state index in [4.69, 9.17) is 0 Å². The smallest absolute Gasteiger partial charge is 0.293 e. The monoisotopic (exact) mass is 384 g/mol. The number of hydrogen-bond donors (Lipinski definition) is 2. The fourth-order valence-corrected chi connectivity index (χ4v) is 2.90. The molecule has 28 heavy (non-hydrogen) atoms. The molecule has 0 saturated carbocycles. The number of fused-ring (bicyclic) bond motifs is 1. The number of carbonyl (C=O) groups is 2. The summed E-state index contributed by atoms with van der Waals surface area (Å²) in [4.78, 5) is 33.5. The number of pyridine rings is 1. The quantitative estimate of drug-likeness (QED) is 0.640. The molecule has 7 nitrogen and oxygen atoms in total. The maximum atomic E-state index is 13.2. The zero-order chi connectivity index (χ0) is 20.3. The number of hydrogen-bond acceptors (Lipinski definition) is 4. The molecule has 1 aromatic carbocycles. The van der Waals surface area contributed by atoms with Gasteiger partial charge in [0.2, 0.25) is 0 Å². The number of nitrogens with zero attached hydrogens (tertiary/aromatic N) is 2. The lowest BCUT2D eigenvalue weighted by Gasteiger charge is -2.07. The Morgan fingerprint density at radius 2 is 1.93 bits per heavy atom. The van der Waals surface area contributed by atoms with E-state index in [0.29, 0.717) is 23.0 Å². The fourth-order valence-electron chi connectivity index (χ4n) is 2.90. The van der Waals surface area contributed by atoms with E-state index in [1.54, 1.807) is 24.4 Å². The van der Waals surface area contributed by atoms with Crippen LogP contribution in [-0.2, 0) is 11.4 Å². The van der Waals surface area contributed by atoms with Crippen LogP contribution >= 0.6 is 0 Å². The molecule has 2 heterocycles. The third-order valence-electron chi connectivity index (χ3n) is 4.13. The summed E-state index contributed by atoms with van der Waals surface area (Å²) >= 11 is 0. The Hall–Kier alpha value is -3.26. The van der Waals surface area contributed by atoms with E-state index in [0.717, 1.165) is 5.56 Å². The first kappa shape index (κ1) is 19.5. The highest BCUT2D eigenvalue weighted by molar-refractivity contribution is 6.08. The van der Waals surface area contributed by atoms with Crippen LogP contribution in [0.15, 0.2) is 42.7 Å². The predicted octanol–water partition coefficient (Wildman–Crippen LogP) is 2.65. The summed E-state index contributed by atoms with van der Waals surface area (Å²) in [5, 5.41) is 3.46. The molecule has 0 aliphatic carbocycles. The van der Waals surface area contributed by atoms with Gasteiger partial charge < -0.3 is 9.88 Å². The molecule has 2 N–H and O–H groups in total. The van der Waals surface area contributed by atoms with Gasteiger partial charge >= 0.3 is 0 Å². The van der Waals surface area contributed by atoms with Crippen molar-refractivity contribution in [1.82, 2.24) is 20.3 Å². The van der Waals surface area contributed by atoms with Gasteiger partial charge in [0, 0.05) is 24.2 Å². The first-order valence-electron chi connectivity index (χ1n) is 8.76. The molecule has 2 amide bonds. The van der Waals surface area contributed by atoms with Gasteiger partial charge in [0.05, 0.1) is 24.4 Å². The molecule has 0 bridgehead atoms. The van der Waals surface area contributed by atoms with E-state index in [9.17, 15) is 14.0 Å². The van der Waals surface area contributed by atoms with E-state index in [-0.39, 0.29) is 23.5 Å². The second kappa shape index (κ2) is 8.18. The third-order valence-corrected chi connectivity index (χ3v) is 4.13. The first-order valence-corrected chi connectivity index (χ1v) is 8.76. The van der Waals surface area contributed by atoms with Crippen molar-refractivity contribution in [2.75, 3.05) is 7.11 Å². The van der Waals surface area contributed by atoms with E-state index < -0.39 is 5.91 Å². The van der Waals surface area contributed by atoms with Crippen LogP contribution in [0, 0.1) is 5.82 Å². The van der Waals surface area contributed by atoms with Crippen LogP contribution < -0.4 is 10.8 Å². The Balaban J connectivity index is 2.07. The molecule has 2 aromatic heterocycles. The molecule has 0 atom stereocenters. The molecule has 3 rings (SSSR count). The largest absolute Gasteiger partial charge is 0.350 e. The average molecular weight is 384 g/mol. The van der Waals surface area contributed by atoms with Crippen LogP contribution in [0.4, 0.5) is 4.39 Å². The molecule has 0 aliphatic rings. The van der Waals surface area contributed by atoms with Crippen molar-refractivity contribution in [3.63, 3.8) is 0 Å². The van der Waals surface area contributed by atoms with E-state index >= 15 is 0 Å². The zero-order valence-electron chi connectivity index (χ0n) is 15.8. The van der Waals surface area contributed by atoms with Crippen molar-refractivity contribution in [2.24, 2.45) is 0 Å². The molecule has 0 spiro atoms. The minimum atomic E-state index is -0.508. The molecule has 0 unspecified atom stereocenters. The molecule has 0 aliphatic heterocycles. The number of carbonyl (C=O) groups excluding carboxylic acids is 2. The van der Waals surface area contributed by atoms with Gasteiger partial charge in [-0.15, -0.1) is 0 Å². The molecule has 0 fully saturated rings. The normalized spacial score (nSPS) is 11.0. The Bertz CT molecular complexity index is 1010. The maximum absolute atomic E-state index is 13.2. The lowest BCUT2D eigenvalue weighted by molar-refractivity contribution is 0.0532. The maximum Gasteiger partial charge on any atom is 0.293 e. The van der Waals surface area contributed by atoms with Crippen molar-refractivity contribution >= 4 is 22.7 Å². The number of amides is 2. The number of rotatable bonds is 6. The minimum absolute atomic E-state index is 0.0407. The van der Waals surface area contributed by atoms with Gasteiger partial charge in [0.15, 0.2) is 0 Å². The van der Waals surface area contributed by atoms with Gasteiger partial charge in [-0.05, 0) is 37.6 Å². The highest BCUT2D eigenvalue weighted by Gasteiger charge is 2.19. The van der Waals surface area contributed by atoms with Crippen molar-refractivity contribution < 1.29 is 18.8 Å². The molecule has 8 heteroatoms. The van der Waals surface area contributed by atoms with E-state index in [2.05, 4.69) is 20.6 Å². The van der Waals surface area contributed by atoms with Crippen molar-refractivity contribution in [3.05, 3.63) is 65.4 Å². The molecular weight excluding hydrogens is 363 g/mol. The minimum Gasteiger partial charge on any atom is -0.350 e. The third kappa shape index (κ3) is 4.17. The summed E-state index contributed by atoms with van der Waals surface area (Å²) < 4.78 is 15.0. The topological polar surface area (TPSA) is 85.2 Å². The Morgan fingerprint density at radius 1 is 1.21 bits per heavy atom. The van der Waals surface area contributed by atoms with Gasteiger partial charge in [0.25, 0.3) is 11.8 Å². The summed E-state index contributed by atoms with van der Waals surface area (Å²) in [5.41, 5.74) is 4.34. The molecule has 146 valence electrons. The van der Waals surface area contributed by atoms with Gasteiger partial charge in [0.1, 0.15) is 11.5 Å². The van der Waals surface area contributed by atoms with Gasteiger partial charge in [-0.3, -0.25) is 14.4 Å². The number of aromatic nitrogens is 2. The summed E-state index contributed by atoms with van der Waals surface area (Å²) in [6.45, 7) is 4.17. The van der Waals surface area contributed by atoms with Gasteiger partial charge in [-0.2, -0.15) is 0 Å². The second-order valence-corrected chi connectivity index (χ2v) is 6.65.